The van der Waals surface area contributed by atoms with E-state index in [0.29, 0.717) is 19.8 Å². The maximum absolute atomic E-state index is 13.4. The smallest absolute Gasteiger partial charge is 0.338 e. The highest BCUT2D eigenvalue weighted by molar-refractivity contribution is 5.77. The van der Waals surface area contributed by atoms with E-state index in [4.69, 9.17) is 23.7 Å². The van der Waals surface area contributed by atoms with Crippen LogP contribution in [-0.4, -0.2) is 37.0 Å². The van der Waals surface area contributed by atoms with Gasteiger partial charge in [0.15, 0.2) is 12.2 Å². The summed E-state index contributed by atoms with van der Waals surface area (Å²) in [4.78, 5) is 13.4. The van der Waals surface area contributed by atoms with Gasteiger partial charge in [0.05, 0.1) is 33.0 Å². The Kier molecular flexibility index (Phi) is 10.1. The lowest BCUT2D eigenvalue weighted by Crippen LogP contribution is -2.59. The van der Waals surface area contributed by atoms with Crippen molar-refractivity contribution < 1.29 is 28.5 Å². The number of ether oxygens (including phenoxy) is 5. The highest BCUT2D eigenvalue weighted by atomic mass is 16.6. The first-order valence-electron chi connectivity index (χ1n) is 13.5. The Bertz CT molecular complexity index is 1280. The van der Waals surface area contributed by atoms with Crippen LogP contribution in [0, 0.1) is 0 Å². The normalized spacial score (nSPS) is 20.6. The van der Waals surface area contributed by atoms with Gasteiger partial charge >= 0.3 is 5.97 Å². The van der Waals surface area contributed by atoms with E-state index < -0.39 is 30.4 Å². The largest absolute Gasteiger partial charge is 0.455 e. The van der Waals surface area contributed by atoms with Crippen molar-refractivity contribution in [2.45, 2.75) is 50.8 Å². The zero-order chi connectivity index (χ0) is 27.4. The maximum Gasteiger partial charge on any atom is 0.338 e. The molecule has 0 unspecified atom stereocenters. The Hall–Kier alpha value is -3.81. The summed E-state index contributed by atoms with van der Waals surface area (Å²) in [5.41, 5.74) is 3.98. The monoisotopic (exact) mass is 538 g/mol. The number of carbonyl (C=O) groups excluding carboxylic acids is 1. The summed E-state index contributed by atoms with van der Waals surface area (Å²) in [5, 5.41) is 0. The molecule has 6 heteroatoms. The minimum atomic E-state index is -0.963. The Labute approximate surface area is 235 Å². The molecule has 4 aromatic carbocycles. The molecule has 1 fully saturated rings. The molecule has 1 saturated heterocycles. The lowest BCUT2D eigenvalue weighted by atomic mass is 9.98. The molecular formula is C34H34O6. The average molecular weight is 539 g/mol. The fourth-order valence-corrected chi connectivity index (χ4v) is 4.64. The number of hydrogen-bond donors (Lipinski definition) is 0. The molecule has 6 nitrogen and oxygen atoms in total. The van der Waals surface area contributed by atoms with Crippen molar-refractivity contribution in [3.8, 4) is 0 Å². The lowest BCUT2D eigenvalue weighted by molar-refractivity contribution is -0.239. The summed E-state index contributed by atoms with van der Waals surface area (Å²) in [6, 6.07) is 39.4. The van der Waals surface area contributed by atoms with E-state index in [1.165, 1.54) is 0 Å². The SMILES string of the molecule is O=C1O[C@@H](COCc2ccccc2)[C@@H](OCc2ccccc2)[C@H](OCc2ccccc2)[C@@H]1OCc1ccccc1. The van der Waals surface area contributed by atoms with E-state index in [1.807, 2.05) is 121 Å². The van der Waals surface area contributed by atoms with Crippen molar-refractivity contribution in [1.29, 1.82) is 0 Å². The molecule has 4 aromatic rings. The number of esters is 1. The molecule has 0 aliphatic carbocycles. The molecule has 0 radical (unpaired) electrons. The van der Waals surface area contributed by atoms with Crippen molar-refractivity contribution >= 4 is 5.97 Å². The molecule has 1 heterocycles. The summed E-state index contributed by atoms with van der Waals surface area (Å²) in [6.45, 7) is 1.43. The Morgan fingerprint density at radius 1 is 0.500 bits per heavy atom. The molecule has 0 saturated carbocycles. The van der Waals surface area contributed by atoms with E-state index in [2.05, 4.69) is 0 Å². The topological polar surface area (TPSA) is 63.2 Å². The van der Waals surface area contributed by atoms with Gasteiger partial charge in [0.25, 0.3) is 0 Å². The maximum atomic E-state index is 13.4. The fourth-order valence-electron chi connectivity index (χ4n) is 4.64. The first-order valence-corrected chi connectivity index (χ1v) is 13.5. The van der Waals surface area contributed by atoms with Crippen molar-refractivity contribution in [2.24, 2.45) is 0 Å². The van der Waals surface area contributed by atoms with Crippen molar-refractivity contribution in [3.05, 3.63) is 144 Å². The van der Waals surface area contributed by atoms with Crippen LogP contribution in [-0.2, 0) is 54.9 Å². The van der Waals surface area contributed by atoms with Crippen LogP contribution in [0.4, 0.5) is 0 Å². The molecule has 40 heavy (non-hydrogen) atoms. The van der Waals surface area contributed by atoms with E-state index in [1.54, 1.807) is 0 Å². The Morgan fingerprint density at radius 2 is 0.900 bits per heavy atom. The number of rotatable bonds is 13. The van der Waals surface area contributed by atoms with Gasteiger partial charge in [-0.2, -0.15) is 0 Å². The second-order valence-corrected chi connectivity index (χ2v) is 9.72. The van der Waals surface area contributed by atoms with Crippen LogP contribution in [0.2, 0.25) is 0 Å². The second kappa shape index (κ2) is 14.5. The molecule has 0 amide bonds. The van der Waals surface area contributed by atoms with Crippen LogP contribution >= 0.6 is 0 Å². The van der Waals surface area contributed by atoms with Crippen LogP contribution in [0.1, 0.15) is 22.3 Å². The zero-order valence-electron chi connectivity index (χ0n) is 22.3. The molecule has 0 aromatic heterocycles. The lowest BCUT2D eigenvalue weighted by Gasteiger charge is -2.41. The molecule has 5 rings (SSSR count). The number of cyclic esters (lactones) is 1. The van der Waals surface area contributed by atoms with Gasteiger partial charge in [-0.1, -0.05) is 121 Å². The van der Waals surface area contributed by atoms with E-state index in [-0.39, 0.29) is 13.2 Å². The number of hydrogen-bond acceptors (Lipinski definition) is 6. The molecule has 4 atom stereocenters. The van der Waals surface area contributed by atoms with Crippen LogP contribution in [0.5, 0.6) is 0 Å². The average Bonchev–Trinajstić information content (AvgIpc) is 3.01. The van der Waals surface area contributed by atoms with Gasteiger partial charge in [-0.05, 0) is 22.3 Å². The molecule has 0 N–H and O–H groups in total. The van der Waals surface area contributed by atoms with Crippen LogP contribution in [0.25, 0.3) is 0 Å². The van der Waals surface area contributed by atoms with Crippen LogP contribution in [0.15, 0.2) is 121 Å². The van der Waals surface area contributed by atoms with Crippen molar-refractivity contribution in [1.82, 2.24) is 0 Å². The predicted octanol–water partition coefficient (Wildman–Crippen LogP) is 5.88. The van der Waals surface area contributed by atoms with E-state index in [0.717, 1.165) is 22.3 Å². The van der Waals surface area contributed by atoms with Gasteiger partial charge in [-0.15, -0.1) is 0 Å². The minimum absolute atomic E-state index is 0.163. The quantitative estimate of drug-likeness (QED) is 0.198. The van der Waals surface area contributed by atoms with E-state index in [9.17, 15) is 4.79 Å². The van der Waals surface area contributed by atoms with Gasteiger partial charge in [-0.3, -0.25) is 0 Å². The number of benzene rings is 4. The summed E-state index contributed by atoms with van der Waals surface area (Å²) in [7, 11) is 0. The van der Waals surface area contributed by atoms with Crippen molar-refractivity contribution in [2.75, 3.05) is 6.61 Å². The summed E-state index contributed by atoms with van der Waals surface area (Å²) in [5.74, 6) is -0.484. The molecule has 206 valence electrons. The highest BCUT2D eigenvalue weighted by Crippen LogP contribution is 2.28. The first-order chi connectivity index (χ1) is 19.8. The van der Waals surface area contributed by atoms with Gasteiger partial charge < -0.3 is 23.7 Å². The van der Waals surface area contributed by atoms with Gasteiger partial charge in [0, 0.05) is 0 Å². The summed E-state index contributed by atoms with van der Waals surface area (Å²) in [6.07, 6.45) is -2.95. The molecule has 0 bridgehead atoms. The predicted molar refractivity (Wildman–Crippen MR) is 151 cm³/mol. The standard InChI is InChI=1S/C34H34O6/c35-34-33(39-24-29-19-11-4-12-20-29)32(38-23-28-17-9-3-10-18-28)31(37-22-27-15-7-2-8-16-27)30(40-34)25-36-21-26-13-5-1-6-14-26/h1-20,30-33H,21-25H2/t30-,31+,32-,33-/m0/s1. The Balaban J connectivity index is 1.36. The van der Waals surface area contributed by atoms with Crippen LogP contribution in [0.3, 0.4) is 0 Å². The zero-order valence-corrected chi connectivity index (χ0v) is 22.3. The molecule has 1 aliphatic rings. The minimum Gasteiger partial charge on any atom is -0.455 e. The molecule has 1 aliphatic heterocycles. The second-order valence-electron chi connectivity index (χ2n) is 9.72. The van der Waals surface area contributed by atoms with Crippen LogP contribution < -0.4 is 0 Å². The van der Waals surface area contributed by atoms with E-state index >= 15 is 0 Å². The summed E-state index contributed by atoms with van der Waals surface area (Å²) >= 11 is 0. The fraction of sp³-hybridized carbons (Fsp3) is 0.265. The third kappa shape index (κ3) is 7.87. The molecular weight excluding hydrogens is 504 g/mol. The van der Waals surface area contributed by atoms with Gasteiger partial charge in [-0.25, -0.2) is 4.79 Å². The summed E-state index contributed by atoms with van der Waals surface area (Å²) < 4.78 is 31.0. The third-order valence-corrected chi connectivity index (χ3v) is 6.73. The van der Waals surface area contributed by atoms with Gasteiger partial charge in [0.2, 0.25) is 0 Å². The first kappa shape index (κ1) is 27.7. The third-order valence-electron chi connectivity index (χ3n) is 6.73. The number of carbonyl (C=O) groups is 1. The van der Waals surface area contributed by atoms with Crippen molar-refractivity contribution in [3.63, 3.8) is 0 Å². The Morgan fingerprint density at radius 3 is 1.38 bits per heavy atom. The molecule has 0 spiro atoms. The highest BCUT2D eigenvalue weighted by Gasteiger charge is 2.48. The van der Waals surface area contributed by atoms with Gasteiger partial charge in [0.1, 0.15) is 12.2 Å².